The third kappa shape index (κ3) is 5.13. The first-order chi connectivity index (χ1) is 12.2. The van der Waals surface area contributed by atoms with Crippen LogP contribution in [0.2, 0.25) is 5.02 Å². The molecule has 0 bridgehead atoms. The lowest BCUT2D eigenvalue weighted by molar-refractivity contribution is -0.128. The highest BCUT2D eigenvalue weighted by Crippen LogP contribution is 2.29. The SMILES string of the molecule is COc1ccc(NC(=O)C(C)(C)Oc2ccc(Cl)cc2)cc1NC(C)=O. The predicted octanol–water partition coefficient (Wildman–Crippen LogP) is 4.10. The maximum atomic E-state index is 12.6. The number of benzene rings is 2. The van der Waals surface area contributed by atoms with Crippen LogP contribution in [0.1, 0.15) is 20.8 Å². The van der Waals surface area contributed by atoms with Gasteiger partial charge in [-0.25, -0.2) is 0 Å². The Morgan fingerprint density at radius 1 is 1.04 bits per heavy atom. The van der Waals surface area contributed by atoms with Gasteiger partial charge in [-0.15, -0.1) is 0 Å². The third-order valence-electron chi connectivity index (χ3n) is 3.50. The Bertz CT molecular complexity index is 804. The van der Waals surface area contributed by atoms with E-state index >= 15 is 0 Å². The molecule has 0 saturated carbocycles. The number of rotatable bonds is 6. The molecule has 0 heterocycles. The van der Waals surface area contributed by atoms with E-state index in [-0.39, 0.29) is 11.8 Å². The number of hydrogen-bond donors (Lipinski definition) is 2. The lowest BCUT2D eigenvalue weighted by Gasteiger charge is -2.25. The minimum Gasteiger partial charge on any atom is -0.495 e. The molecule has 2 N–H and O–H groups in total. The van der Waals surface area contributed by atoms with E-state index < -0.39 is 5.60 Å². The summed E-state index contributed by atoms with van der Waals surface area (Å²) in [5.41, 5.74) is -0.149. The van der Waals surface area contributed by atoms with E-state index in [1.807, 2.05) is 0 Å². The van der Waals surface area contributed by atoms with Crippen LogP contribution in [0.25, 0.3) is 0 Å². The second-order valence-electron chi connectivity index (χ2n) is 6.12. The summed E-state index contributed by atoms with van der Waals surface area (Å²) < 4.78 is 11.0. The molecule has 26 heavy (non-hydrogen) atoms. The van der Waals surface area contributed by atoms with Gasteiger partial charge in [0.15, 0.2) is 5.60 Å². The van der Waals surface area contributed by atoms with Crippen LogP contribution in [0.5, 0.6) is 11.5 Å². The van der Waals surface area contributed by atoms with Crippen LogP contribution in [0.4, 0.5) is 11.4 Å². The van der Waals surface area contributed by atoms with Gasteiger partial charge in [-0.3, -0.25) is 9.59 Å². The molecular weight excluding hydrogens is 356 g/mol. The normalized spacial score (nSPS) is 10.8. The number of methoxy groups -OCH3 is 1. The molecule has 138 valence electrons. The Balaban J connectivity index is 2.14. The number of nitrogens with one attached hydrogen (secondary N) is 2. The van der Waals surface area contributed by atoms with Crippen molar-refractivity contribution in [1.82, 2.24) is 0 Å². The zero-order valence-corrected chi connectivity index (χ0v) is 15.8. The summed E-state index contributed by atoms with van der Waals surface area (Å²) >= 11 is 5.85. The van der Waals surface area contributed by atoms with Gasteiger partial charge in [0.25, 0.3) is 5.91 Å². The molecule has 0 spiro atoms. The molecule has 6 nitrogen and oxygen atoms in total. The second-order valence-corrected chi connectivity index (χ2v) is 6.55. The van der Waals surface area contributed by atoms with Crippen molar-refractivity contribution in [2.75, 3.05) is 17.7 Å². The molecule has 0 radical (unpaired) electrons. The lowest BCUT2D eigenvalue weighted by Crippen LogP contribution is -2.42. The first-order valence-electron chi connectivity index (χ1n) is 7.93. The van der Waals surface area contributed by atoms with Gasteiger partial charge in [-0.2, -0.15) is 0 Å². The molecule has 2 rings (SSSR count). The van der Waals surface area contributed by atoms with Crippen molar-refractivity contribution in [1.29, 1.82) is 0 Å². The number of ether oxygens (including phenoxy) is 2. The second kappa shape index (κ2) is 8.10. The van der Waals surface area contributed by atoms with E-state index in [9.17, 15) is 9.59 Å². The average molecular weight is 377 g/mol. The summed E-state index contributed by atoms with van der Waals surface area (Å²) in [5, 5.41) is 6.03. The van der Waals surface area contributed by atoms with Crippen molar-refractivity contribution in [3.05, 3.63) is 47.5 Å². The molecule has 2 aromatic carbocycles. The van der Waals surface area contributed by atoms with Gasteiger partial charge in [-0.05, 0) is 56.3 Å². The van der Waals surface area contributed by atoms with Crippen LogP contribution in [-0.2, 0) is 9.59 Å². The Morgan fingerprint density at radius 2 is 1.69 bits per heavy atom. The maximum absolute atomic E-state index is 12.6. The minimum absolute atomic E-state index is 0.238. The van der Waals surface area contributed by atoms with Gasteiger partial charge < -0.3 is 20.1 Å². The predicted molar refractivity (Wildman–Crippen MR) is 102 cm³/mol. The van der Waals surface area contributed by atoms with Crippen LogP contribution in [0, 0.1) is 0 Å². The average Bonchev–Trinajstić information content (AvgIpc) is 2.56. The Kier molecular flexibility index (Phi) is 6.10. The zero-order chi connectivity index (χ0) is 19.3. The molecule has 0 saturated heterocycles. The molecule has 0 aliphatic carbocycles. The van der Waals surface area contributed by atoms with E-state index in [1.54, 1.807) is 56.3 Å². The van der Waals surface area contributed by atoms with Crippen LogP contribution >= 0.6 is 11.6 Å². The van der Waals surface area contributed by atoms with Crippen LogP contribution in [0.15, 0.2) is 42.5 Å². The van der Waals surface area contributed by atoms with Gasteiger partial charge in [0.2, 0.25) is 5.91 Å². The monoisotopic (exact) mass is 376 g/mol. The van der Waals surface area contributed by atoms with E-state index in [2.05, 4.69) is 10.6 Å². The molecule has 0 aliphatic rings. The number of amides is 2. The quantitative estimate of drug-likeness (QED) is 0.795. The Hall–Kier alpha value is -2.73. The first-order valence-corrected chi connectivity index (χ1v) is 8.31. The molecule has 0 aliphatic heterocycles. The minimum atomic E-state index is -1.12. The molecule has 2 amide bonds. The van der Waals surface area contributed by atoms with Crippen molar-refractivity contribution in [3.8, 4) is 11.5 Å². The molecule has 0 aromatic heterocycles. The van der Waals surface area contributed by atoms with E-state index in [0.717, 1.165) is 0 Å². The van der Waals surface area contributed by atoms with E-state index in [4.69, 9.17) is 21.1 Å². The summed E-state index contributed by atoms with van der Waals surface area (Å²) in [6.07, 6.45) is 0. The zero-order valence-electron chi connectivity index (χ0n) is 15.1. The largest absolute Gasteiger partial charge is 0.495 e. The number of hydrogen-bond acceptors (Lipinski definition) is 4. The lowest BCUT2D eigenvalue weighted by atomic mass is 10.1. The maximum Gasteiger partial charge on any atom is 0.267 e. The van der Waals surface area contributed by atoms with Crippen molar-refractivity contribution in [3.63, 3.8) is 0 Å². The van der Waals surface area contributed by atoms with Crippen LogP contribution in [-0.4, -0.2) is 24.5 Å². The van der Waals surface area contributed by atoms with E-state index in [1.165, 1.54) is 14.0 Å². The van der Waals surface area contributed by atoms with E-state index in [0.29, 0.717) is 27.9 Å². The highest BCUT2D eigenvalue weighted by molar-refractivity contribution is 6.30. The molecule has 7 heteroatoms. The summed E-state index contributed by atoms with van der Waals surface area (Å²) in [4.78, 5) is 23.9. The van der Waals surface area contributed by atoms with Crippen molar-refractivity contribution >= 4 is 34.8 Å². The number of anilines is 2. The smallest absolute Gasteiger partial charge is 0.267 e. The van der Waals surface area contributed by atoms with Crippen molar-refractivity contribution in [2.24, 2.45) is 0 Å². The topological polar surface area (TPSA) is 76.7 Å². The summed E-state index contributed by atoms with van der Waals surface area (Å²) in [7, 11) is 1.50. The Morgan fingerprint density at radius 3 is 2.27 bits per heavy atom. The van der Waals surface area contributed by atoms with Crippen molar-refractivity contribution in [2.45, 2.75) is 26.4 Å². The molecule has 0 unspecified atom stereocenters. The van der Waals surface area contributed by atoms with Crippen molar-refractivity contribution < 1.29 is 19.1 Å². The fourth-order valence-electron chi connectivity index (χ4n) is 2.20. The summed E-state index contributed by atoms with van der Waals surface area (Å²) in [5.74, 6) is 0.447. The highest BCUT2D eigenvalue weighted by atomic mass is 35.5. The summed E-state index contributed by atoms with van der Waals surface area (Å²) in [6, 6.07) is 11.7. The summed E-state index contributed by atoms with van der Waals surface area (Å²) in [6.45, 7) is 4.72. The molecule has 0 fully saturated rings. The van der Waals surface area contributed by atoms with Crippen LogP contribution < -0.4 is 20.1 Å². The standard InChI is InChI=1S/C19H21ClN2O4/c1-12(23)21-16-11-14(7-10-17(16)25-4)22-18(24)19(2,3)26-15-8-5-13(20)6-9-15/h5-11H,1-4H3,(H,21,23)(H,22,24). The van der Waals surface area contributed by atoms with Crippen LogP contribution in [0.3, 0.4) is 0 Å². The number of halogens is 1. The molecule has 2 aromatic rings. The fourth-order valence-corrected chi connectivity index (χ4v) is 2.32. The molecular formula is C19H21ClN2O4. The highest BCUT2D eigenvalue weighted by Gasteiger charge is 2.30. The van der Waals surface area contributed by atoms with Gasteiger partial charge in [0.1, 0.15) is 11.5 Å². The van der Waals surface area contributed by atoms with Gasteiger partial charge in [0.05, 0.1) is 12.8 Å². The number of carbonyl (C=O) groups is 2. The Labute approximate surface area is 157 Å². The first kappa shape index (κ1) is 19.6. The van der Waals surface area contributed by atoms with Gasteiger partial charge in [0, 0.05) is 17.6 Å². The third-order valence-corrected chi connectivity index (χ3v) is 3.75. The van der Waals surface area contributed by atoms with Gasteiger partial charge in [-0.1, -0.05) is 11.6 Å². The fraction of sp³-hybridized carbons (Fsp3) is 0.263. The number of carbonyl (C=O) groups excluding carboxylic acids is 2. The van der Waals surface area contributed by atoms with Gasteiger partial charge >= 0.3 is 0 Å². The molecule has 0 atom stereocenters.